The fourth-order valence-electron chi connectivity index (χ4n) is 3.21. The fourth-order valence-corrected chi connectivity index (χ4v) is 4.82. The minimum Gasteiger partial charge on any atom is -0.496 e. The Morgan fingerprint density at radius 3 is 2.81 bits per heavy atom. The van der Waals surface area contributed by atoms with Gasteiger partial charge in [-0.1, -0.05) is 0 Å². The topological polar surface area (TPSA) is 84.9 Å². The molecule has 0 unspecified atom stereocenters. The first-order valence-corrected chi connectivity index (χ1v) is 10.8. The van der Waals surface area contributed by atoms with E-state index >= 15 is 0 Å². The molecule has 7 nitrogen and oxygen atoms in total. The quantitative estimate of drug-likeness (QED) is 0.643. The van der Waals surface area contributed by atoms with Gasteiger partial charge in [0.1, 0.15) is 5.75 Å². The zero-order valence-corrected chi connectivity index (χ0v) is 17.2. The van der Waals surface area contributed by atoms with Gasteiger partial charge >= 0.3 is 0 Å². The average molecular weight is 399 g/mol. The van der Waals surface area contributed by atoms with Crippen molar-refractivity contribution in [3.8, 4) is 5.75 Å². The summed E-state index contributed by atoms with van der Waals surface area (Å²) in [6, 6.07) is 4.83. The van der Waals surface area contributed by atoms with Crippen LogP contribution < -0.4 is 10.1 Å². The maximum Gasteiger partial charge on any atom is 0.243 e. The first kappa shape index (κ1) is 21.7. The Labute approximate surface area is 162 Å². The molecule has 1 aromatic rings. The molecular weight excluding hydrogens is 368 g/mol. The smallest absolute Gasteiger partial charge is 0.243 e. The number of carbonyl (C=O) groups is 1. The second-order valence-corrected chi connectivity index (χ2v) is 8.61. The Kier molecular flexibility index (Phi) is 8.07. The Bertz CT molecular complexity index is 736. The number of hydrogen-bond acceptors (Lipinski definition) is 5. The summed E-state index contributed by atoms with van der Waals surface area (Å²) in [6.07, 6.45) is 2.12. The zero-order valence-electron chi connectivity index (χ0n) is 16.4. The molecule has 0 radical (unpaired) electrons. The summed E-state index contributed by atoms with van der Waals surface area (Å²) < 4.78 is 37.8. The molecule has 1 amide bonds. The number of ether oxygens (including phenoxy) is 2. The van der Waals surface area contributed by atoms with Crippen LogP contribution in [0.15, 0.2) is 23.1 Å². The highest BCUT2D eigenvalue weighted by Gasteiger charge is 2.33. The van der Waals surface area contributed by atoms with Crippen LogP contribution in [0.3, 0.4) is 0 Å². The molecule has 1 heterocycles. The number of piperidine rings is 1. The molecule has 152 valence electrons. The van der Waals surface area contributed by atoms with Gasteiger partial charge in [-0.2, -0.15) is 4.31 Å². The lowest BCUT2D eigenvalue weighted by Crippen LogP contribution is -2.45. The Balaban J connectivity index is 1.99. The van der Waals surface area contributed by atoms with E-state index in [2.05, 4.69) is 5.32 Å². The number of rotatable bonds is 9. The highest BCUT2D eigenvalue weighted by molar-refractivity contribution is 7.89. The standard InChI is InChI=1S/C19H30N2O5S/c1-4-26-12-6-10-20-19(22)16-7-5-11-21(14-16)27(23,24)17-8-9-18(25-3)15(2)13-17/h8-9,13,16H,4-7,10-12,14H2,1-3H3,(H,20,22)/t16-/m0/s1. The number of amides is 1. The fraction of sp³-hybridized carbons (Fsp3) is 0.632. The first-order chi connectivity index (χ1) is 12.9. The van der Waals surface area contributed by atoms with E-state index in [0.717, 1.165) is 12.0 Å². The molecule has 0 aliphatic carbocycles. The minimum absolute atomic E-state index is 0.0858. The van der Waals surface area contributed by atoms with Crippen molar-refractivity contribution in [3.05, 3.63) is 23.8 Å². The van der Waals surface area contributed by atoms with E-state index in [1.165, 1.54) is 4.31 Å². The van der Waals surface area contributed by atoms with Crippen LogP contribution in [-0.4, -0.2) is 58.6 Å². The van der Waals surface area contributed by atoms with Gasteiger partial charge in [0.2, 0.25) is 15.9 Å². The van der Waals surface area contributed by atoms with Crippen molar-refractivity contribution in [2.75, 3.05) is 40.0 Å². The second kappa shape index (κ2) is 10.1. The number of aryl methyl sites for hydroxylation is 1. The highest BCUT2D eigenvalue weighted by atomic mass is 32.2. The summed E-state index contributed by atoms with van der Waals surface area (Å²) in [7, 11) is -2.08. The molecule has 27 heavy (non-hydrogen) atoms. The monoisotopic (exact) mass is 398 g/mol. The van der Waals surface area contributed by atoms with E-state index < -0.39 is 10.0 Å². The third-order valence-electron chi connectivity index (χ3n) is 4.73. The molecule has 2 rings (SSSR count). The summed E-state index contributed by atoms with van der Waals surface area (Å²) in [5.74, 6) is 0.245. The van der Waals surface area contributed by atoms with Crippen molar-refractivity contribution in [3.63, 3.8) is 0 Å². The van der Waals surface area contributed by atoms with Gasteiger partial charge in [0.25, 0.3) is 0 Å². The van der Waals surface area contributed by atoms with E-state index in [-0.39, 0.29) is 23.3 Å². The summed E-state index contributed by atoms with van der Waals surface area (Å²) in [5.41, 5.74) is 0.763. The lowest BCUT2D eigenvalue weighted by Gasteiger charge is -2.31. The predicted molar refractivity (Wildman–Crippen MR) is 103 cm³/mol. The lowest BCUT2D eigenvalue weighted by atomic mass is 9.99. The van der Waals surface area contributed by atoms with Crippen molar-refractivity contribution in [2.24, 2.45) is 5.92 Å². The third-order valence-corrected chi connectivity index (χ3v) is 6.59. The average Bonchev–Trinajstić information content (AvgIpc) is 2.67. The molecule has 1 N–H and O–H groups in total. The van der Waals surface area contributed by atoms with Gasteiger partial charge in [-0.3, -0.25) is 4.79 Å². The van der Waals surface area contributed by atoms with Gasteiger partial charge < -0.3 is 14.8 Å². The van der Waals surface area contributed by atoms with Crippen LogP contribution in [0.25, 0.3) is 0 Å². The molecule has 1 fully saturated rings. The van der Waals surface area contributed by atoms with E-state index in [9.17, 15) is 13.2 Å². The normalized spacial score (nSPS) is 18.3. The molecule has 1 atom stereocenters. The molecule has 0 bridgehead atoms. The summed E-state index contributed by atoms with van der Waals surface area (Å²) in [5, 5.41) is 2.89. The van der Waals surface area contributed by atoms with Crippen molar-refractivity contribution in [1.82, 2.24) is 9.62 Å². The van der Waals surface area contributed by atoms with Gasteiger partial charge in [-0.15, -0.1) is 0 Å². The molecule has 0 aromatic heterocycles. The van der Waals surface area contributed by atoms with Crippen LogP contribution in [0.1, 0.15) is 31.7 Å². The van der Waals surface area contributed by atoms with Crippen LogP contribution in [0.2, 0.25) is 0 Å². The zero-order chi connectivity index (χ0) is 19.9. The van der Waals surface area contributed by atoms with Crippen LogP contribution in [0, 0.1) is 12.8 Å². The van der Waals surface area contributed by atoms with Gasteiger partial charge in [0, 0.05) is 32.8 Å². The predicted octanol–water partition coefficient (Wildman–Crippen LogP) is 1.95. The van der Waals surface area contributed by atoms with Crippen molar-refractivity contribution in [1.29, 1.82) is 0 Å². The SMILES string of the molecule is CCOCCCNC(=O)[C@H]1CCCN(S(=O)(=O)c2ccc(OC)c(C)c2)C1. The van der Waals surface area contributed by atoms with E-state index in [1.807, 2.05) is 13.8 Å². The largest absolute Gasteiger partial charge is 0.496 e. The van der Waals surface area contributed by atoms with Crippen molar-refractivity contribution < 1.29 is 22.7 Å². The lowest BCUT2D eigenvalue weighted by molar-refractivity contribution is -0.126. The van der Waals surface area contributed by atoms with Gasteiger partial charge in [-0.25, -0.2) is 8.42 Å². The number of nitrogens with zero attached hydrogens (tertiary/aromatic N) is 1. The number of methoxy groups -OCH3 is 1. The number of nitrogens with one attached hydrogen (secondary N) is 1. The van der Waals surface area contributed by atoms with Crippen LogP contribution in [0.5, 0.6) is 5.75 Å². The maximum atomic E-state index is 13.0. The molecular formula is C19H30N2O5S. The van der Waals surface area contributed by atoms with Crippen LogP contribution in [-0.2, 0) is 19.6 Å². The maximum absolute atomic E-state index is 13.0. The van der Waals surface area contributed by atoms with Gasteiger partial charge in [0.15, 0.2) is 0 Å². The second-order valence-electron chi connectivity index (χ2n) is 6.68. The van der Waals surface area contributed by atoms with E-state index in [1.54, 1.807) is 25.3 Å². The van der Waals surface area contributed by atoms with E-state index in [4.69, 9.17) is 9.47 Å². The molecule has 8 heteroatoms. The minimum atomic E-state index is -3.63. The molecule has 1 aromatic carbocycles. The Hall–Kier alpha value is -1.64. The Morgan fingerprint density at radius 1 is 1.37 bits per heavy atom. The summed E-state index contributed by atoms with van der Waals surface area (Å²) in [6.45, 7) is 6.20. The summed E-state index contributed by atoms with van der Waals surface area (Å²) >= 11 is 0. The number of sulfonamides is 1. The number of carbonyl (C=O) groups excluding carboxylic acids is 1. The molecule has 1 aliphatic rings. The summed E-state index contributed by atoms with van der Waals surface area (Å²) in [4.78, 5) is 12.6. The number of benzene rings is 1. The number of hydrogen-bond donors (Lipinski definition) is 1. The molecule has 1 aliphatic heterocycles. The van der Waals surface area contributed by atoms with Gasteiger partial charge in [-0.05, 0) is 56.9 Å². The van der Waals surface area contributed by atoms with Crippen molar-refractivity contribution in [2.45, 2.75) is 38.0 Å². The first-order valence-electron chi connectivity index (χ1n) is 9.40. The molecule has 1 saturated heterocycles. The van der Waals surface area contributed by atoms with E-state index in [0.29, 0.717) is 44.9 Å². The van der Waals surface area contributed by atoms with Crippen molar-refractivity contribution >= 4 is 15.9 Å². The highest BCUT2D eigenvalue weighted by Crippen LogP contribution is 2.27. The van der Waals surface area contributed by atoms with Crippen LogP contribution in [0.4, 0.5) is 0 Å². The third kappa shape index (κ3) is 5.67. The van der Waals surface area contributed by atoms with Gasteiger partial charge in [0.05, 0.1) is 17.9 Å². The van der Waals surface area contributed by atoms with Crippen LogP contribution >= 0.6 is 0 Å². The molecule has 0 saturated carbocycles. The Morgan fingerprint density at radius 2 is 2.15 bits per heavy atom. The molecule has 0 spiro atoms.